The predicted molar refractivity (Wildman–Crippen MR) is 79.2 cm³/mol. The van der Waals surface area contributed by atoms with Gasteiger partial charge < -0.3 is 0 Å². The van der Waals surface area contributed by atoms with Gasteiger partial charge in [-0.05, 0) is 31.2 Å². The average Bonchev–Trinajstić information content (AvgIpc) is 2.98. The molecule has 7 heteroatoms. The first kappa shape index (κ1) is 14.4. The van der Waals surface area contributed by atoms with Crippen LogP contribution in [0.15, 0.2) is 59.6 Å². The quantitative estimate of drug-likeness (QED) is 0.745. The Hall–Kier alpha value is -2.54. The van der Waals surface area contributed by atoms with Gasteiger partial charge in [-0.15, -0.1) is 9.19 Å². The van der Waals surface area contributed by atoms with Gasteiger partial charge in [-0.1, -0.05) is 35.0 Å². The molecular weight excluding hydrogens is 305 g/mol. The highest BCUT2D eigenvalue weighted by atomic mass is 32.2. The highest BCUT2D eigenvalue weighted by Crippen LogP contribution is 2.19. The van der Waals surface area contributed by atoms with E-state index < -0.39 is 15.8 Å². The molecule has 0 aliphatic rings. The van der Waals surface area contributed by atoms with Crippen molar-refractivity contribution < 1.29 is 12.8 Å². The minimum atomic E-state index is -3.80. The number of aromatic nitrogens is 3. The number of halogens is 1. The molecule has 5 nitrogen and oxygen atoms in total. The third-order valence-corrected chi connectivity index (χ3v) is 4.70. The van der Waals surface area contributed by atoms with Crippen molar-refractivity contribution in [1.29, 1.82) is 0 Å². The second kappa shape index (κ2) is 5.34. The standard InChI is InChI=1S/C15H12FN3O2S/c1-11-5-7-14(8-6-11)22(20,21)19-10-15(17-18-19)12-3-2-4-13(16)9-12/h2-10H,1H3. The SMILES string of the molecule is Cc1ccc(S(=O)(=O)n2cc(-c3cccc(F)c3)nn2)cc1. The number of benzene rings is 2. The van der Waals surface area contributed by atoms with Gasteiger partial charge in [-0.2, -0.15) is 8.42 Å². The maximum absolute atomic E-state index is 13.2. The van der Waals surface area contributed by atoms with Crippen LogP contribution in [-0.4, -0.2) is 22.8 Å². The normalized spacial score (nSPS) is 11.5. The minimum absolute atomic E-state index is 0.119. The van der Waals surface area contributed by atoms with Gasteiger partial charge in [0, 0.05) is 5.56 Å². The van der Waals surface area contributed by atoms with E-state index >= 15 is 0 Å². The number of aryl methyl sites for hydroxylation is 1. The first-order valence-electron chi connectivity index (χ1n) is 6.47. The summed E-state index contributed by atoms with van der Waals surface area (Å²) in [7, 11) is -3.80. The third kappa shape index (κ3) is 2.62. The lowest BCUT2D eigenvalue weighted by atomic mass is 10.2. The Morgan fingerprint density at radius 3 is 2.50 bits per heavy atom. The fourth-order valence-corrected chi connectivity index (χ4v) is 3.03. The Labute approximate surface area is 127 Å². The summed E-state index contributed by atoms with van der Waals surface area (Å²) in [6.45, 7) is 1.87. The lowest BCUT2D eigenvalue weighted by molar-refractivity contribution is 0.577. The van der Waals surface area contributed by atoms with Gasteiger partial charge in [-0.25, -0.2) is 4.39 Å². The van der Waals surface area contributed by atoms with E-state index in [-0.39, 0.29) is 10.6 Å². The third-order valence-electron chi connectivity index (χ3n) is 3.16. The van der Waals surface area contributed by atoms with Crippen LogP contribution in [0.25, 0.3) is 11.3 Å². The molecular formula is C15H12FN3O2S. The van der Waals surface area contributed by atoms with E-state index in [1.165, 1.54) is 36.5 Å². The van der Waals surface area contributed by atoms with E-state index in [2.05, 4.69) is 10.3 Å². The lowest BCUT2D eigenvalue weighted by Crippen LogP contribution is -2.13. The molecule has 1 aromatic heterocycles. The summed E-state index contributed by atoms with van der Waals surface area (Å²) in [5.74, 6) is -0.423. The number of nitrogens with zero attached hydrogens (tertiary/aromatic N) is 3. The average molecular weight is 317 g/mol. The van der Waals surface area contributed by atoms with Gasteiger partial charge in [0.05, 0.1) is 11.1 Å². The summed E-state index contributed by atoms with van der Waals surface area (Å²) >= 11 is 0. The van der Waals surface area contributed by atoms with Crippen LogP contribution >= 0.6 is 0 Å². The minimum Gasteiger partial charge on any atom is -0.207 e. The smallest absolute Gasteiger partial charge is 0.207 e. The topological polar surface area (TPSA) is 64.8 Å². The van der Waals surface area contributed by atoms with Crippen LogP contribution in [0.1, 0.15) is 5.56 Å². The molecule has 0 saturated heterocycles. The Kier molecular flexibility index (Phi) is 3.50. The number of rotatable bonds is 3. The van der Waals surface area contributed by atoms with Crippen molar-refractivity contribution in [3.63, 3.8) is 0 Å². The second-order valence-corrected chi connectivity index (χ2v) is 6.60. The van der Waals surface area contributed by atoms with Crippen LogP contribution in [0.4, 0.5) is 4.39 Å². The van der Waals surface area contributed by atoms with E-state index in [4.69, 9.17) is 0 Å². The van der Waals surface area contributed by atoms with Crippen LogP contribution in [0, 0.1) is 12.7 Å². The van der Waals surface area contributed by atoms with E-state index in [0.717, 1.165) is 9.65 Å². The zero-order valence-electron chi connectivity index (χ0n) is 11.6. The van der Waals surface area contributed by atoms with Crippen molar-refractivity contribution >= 4 is 10.0 Å². The molecule has 0 aliphatic carbocycles. The van der Waals surface area contributed by atoms with Gasteiger partial charge >= 0.3 is 0 Å². The first-order valence-corrected chi connectivity index (χ1v) is 7.91. The molecule has 0 spiro atoms. The zero-order chi connectivity index (χ0) is 15.7. The van der Waals surface area contributed by atoms with Crippen molar-refractivity contribution in [3.8, 4) is 11.3 Å². The highest BCUT2D eigenvalue weighted by Gasteiger charge is 2.19. The number of hydrogen-bond donors (Lipinski definition) is 0. The molecule has 0 N–H and O–H groups in total. The maximum Gasteiger partial charge on any atom is 0.284 e. The fourth-order valence-electron chi connectivity index (χ4n) is 1.96. The van der Waals surface area contributed by atoms with Crippen molar-refractivity contribution in [3.05, 3.63) is 66.1 Å². The first-order chi connectivity index (χ1) is 10.5. The molecule has 0 saturated carbocycles. The van der Waals surface area contributed by atoms with Crippen LogP contribution in [-0.2, 0) is 10.0 Å². The predicted octanol–water partition coefficient (Wildman–Crippen LogP) is 2.63. The molecule has 1 heterocycles. The molecule has 3 rings (SSSR count). The molecule has 0 radical (unpaired) electrons. The van der Waals surface area contributed by atoms with Crippen molar-refractivity contribution in [2.45, 2.75) is 11.8 Å². The lowest BCUT2D eigenvalue weighted by Gasteiger charge is -2.03. The summed E-state index contributed by atoms with van der Waals surface area (Å²) < 4.78 is 38.9. The molecule has 0 amide bonds. The van der Waals surface area contributed by atoms with Crippen molar-refractivity contribution in [1.82, 2.24) is 14.4 Å². The van der Waals surface area contributed by atoms with Gasteiger partial charge in [0.25, 0.3) is 10.0 Å². The Morgan fingerprint density at radius 1 is 1.09 bits per heavy atom. The molecule has 0 unspecified atom stereocenters. The summed E-state index contributed by atoms with van der Waals surface area (Å²) in [5.41, 5.74) is 1.71. The van der Waals surface area contributed by atoms with Crippen LogP contribution in [0.2, 0.25) is 0 Å². The van der Waals surface area contributed by atoms with Gasteiger partial charge in [-0.3, -0.25) is 0 Å². The summed E-state index contributed by atoms with van der Waals surface area (Å²) in [4.78, 5) is 0.119. The van der Waals surface area contributed by atoms with E-state index in [9.17, 15) is 12.8 Å². The molecule has 2 aromatic carbocycles. The van der Waals surface area contributed by atoms with E-state index in [0.29, 0.717) is 5.56 Å². The van der Waals surface area contributed by atoms with Crippen LogP contribution in [0.5, 0.6) is 0 Å². The zero-order valence-corrected chi connectivity index (χ0v) is 12.5. The Bertz CT molecular complexity index is 918. The van der Waals surface area contributed by atoms with E-state index in [1.54, 1.807) is 18.2 Å². The fraction of sp³-hybridized carbons (Fsp3) is 0.0667. The molecule has 22 heavy (non-hydrogen) atoms. The maximum atomic E-state index is 13.2. The van der Waals surface area contributed by atoms with Gasteiger partial charge in [0.15, 0.2) is 0 Å². The van der Waals surface area contributed by atoms with Crippen molar-refractivity contribution in [2.24, 2.45) is 0 Å². The molecule has 3 aromatic rings. The Morgan fingerprint density at radius 2 is 1.82 bits per heavy atom. The van der Waals surface area contributed by atoms with Gasteiger partial charge in [0.1, 0.15) is 11.5 Å². The van der Waals surface area contributed by atoms with E-state index in [1.807, 2.05) is 6.92 Å². The monoisotopic (exact) mass is 317 g/mol. The largest absolute Gasteiger partial charge is 0.284 e. The molecule has 0 atom stereocenters. The van der Waals surface area contributed by atoms with Gasteiger partial charge in [0.2, 0.25) is 0 Å². The molecule has 0 aliphatic heterocycles. The summed E-state index contributed by atoms with van der Waals surface area (Å²) in [6, 6.07) is 12.2. The highest BCUT2D eigenvalue weighted by molar-refractivity contribution is 7.89. The number of hydrogen-bond acceptors (Lipinski definition) is 4. The van der Waals surface area contributed by atoms with Crippen LogP contribution in [0.3, 0.4) is 0 Å². The molecule has 0 bridgehead atoms. The molecule has 112 valence electrons. The van der Waals surface area contributed by atoms with Crippen LogP contribution < -0.4 is 0 Å². The second-order valence-electron chi connectivity index (χ2n) is 4.80. The summed E-state index contributed by atoms with van der Waals surface area (Å²) in [5, 5.41) is 7.45. The molecule has 0 fully saturated rings. The Balaban J connectivity index is 2.01. The van der Waals surface area contributed by atoms with Crippen molar-refractivity contribution in [2.75, 3.05) is 0 Å². The summed E-state index contributed by atoms with van der Waals surface area (Å²) in [6.07, 6.45) is 1.27.